The van der Waals surface area contributed by atoms with Gasteiger partial charge in [0.15, 0.2) is 0 Å². The summed E-state index contributed by atoms with van der Waals surface area (Å²) in [5.41, 5.74) is 1.30. The van der Waals surface area contributed by atoms with Gasteiger partial charge in [0.2, 0.25) is 0 Å². The molecule has 0 spiro atoms. The van der Waals surface area contributed by atoms with E-state index < -0.39 is 0 Å². The summed E-state index contributed by atoms with van der Waals surface area (Å²) < 4.78 is 4.92. The van der Waals surface area contributed by atoms with Crippen LogP contribution in [0.4, 0.5) is 0 Å². The molecule has 100 valence electrons. The van der Waals surface area contributed by atoms with E-state index in [2.05, 4.69) is 11.6 Å². The summed E-state index contributed by atoms with van der Waals surface area (Å²) in [5, 5.41) is 8.80. The first-order valence-corrected chi connectivity index (χ1v) is 6.03. The third-order valence-electron chi connectivity index (χ3n) is 2.39. The van der Waals surface area contributed by atoms with Crippen molar-refractivity contribution in [1.29, 1.82) is 5.26 Å². The van der Waals surface area contributed by atoms with Crippen LogP contribution in [-0.2, 0) is 16.1 Å². The van der Waals surface area contributed by atoms with Gasteiger partial charge in [-0.1, -0.05) is 6.08 Å². The van der Waals surface area contributed by atoms with E-state index >= 15 is 0 Å². The summed E-state index contributed by atoms with van der Waals surface area (Å²) in [6.07, 6.45) is 3.32. The van der Waals surface area contributed by atoms with Gasteiger partial charge in [0.1, 0.15) is 11.8 Å². The number of pyridine rings is 1. The molecule has 0 aliphatic carbocycles. The second-order valence-corrected chi connectivity index (χ2v) is 3.92. The van der Waals surface area contributed by atoms with Gasteiger partial charge >= 0.3 is 5.97 Å². The third kappa shape index (κ3) is 5.32. The minimum Gasteiger partial charge on any atom is -0.465 e. The number of esters is 1. The molecule has 1 rings (SSSR count). The van der Waals surface area contributed by atoms with E-state index in [4.69, 9.17) is 10.00 Å². The van der Waals surface area contributed by atoms with Crippen molar-refractivity contribution in [1.82, 2.24) is 9.88 Å². The first kappa shape index (κ1) is 14.9. The molecule has 0 saturated heterocycles. The SMILES string of the molecule is C=CCN(CC(=O)OCC)Cc1ccnc(C#N)c1. The van der Waals surface area contributed by atoms with E-state index in [1.54, 1.807) is 25.3 Å². The highest BCUT2D eigenvalue weighted by molar-refractivity contribution is 5.71. The van der Waals surface area contributed by atoms with Crippen molar-refractivity contribution >= 4 is 5.97 Å². The summed E-state index contributed by atoms with van der Waals surface area (Å²) in [5.74, 6) is -0.265. The lowest BCUT2D eigenvalue weighted by Crippen LogP contribution is -2.30. The predicted octanol–water partition coefficient (Wildman–Crippen LogP) is 1.50. The Morgan fingerprint density at radius 2 is 2.47 bits per heavy atom. The van der Waals surface area contributed by atoms with Crippen molar-refractivity contribution in [2.45, 2.75) is 13.5 Å². The lowest BCUT2D eigenvalue weighted by Gasteiger charge is -2.19. The standard InChI is InChI=1S/C14H17N3O2/c1-3-7-17(11-14(18)19-4-2)10-12-5-6-16-13(8-12)9-15/h3,5-6,8H,1,4,7,10-11H2,2H3. The van der Waals surface area contributed by atoms with Crippen molar-refractivity contribution < 1.29 is 9.53 Å². The summed E-state index contributed by atoms with van der Waals surface area (Å²) >= 11 is 0. The first-order valence-electron chi connectivity index (χ1n) is 6.03. The van der Waals surface area contributed by atoms with Crippen LogP contribution in [-0.4, -0.2) is 35.5 Å². The number of carbonyl (C=O) groups excluding carboxylic acids is 1. The van der Waals surface area contributed by atoms with Gasteiger partial charge in [-0.2, -0.15) is 5.26 Å². The maximum atomic E-state index is 11.5. The number of aromatic nitrogens is 1. The third-order valence-corrected chi connectivity index (χ3v) is 2.39. The minimum atomic E-state index is -0.265. The van der Waals surface area contributed by atoms with Crippen LogP contribution in [0.25, 0.3) is 0 Å². The minimum absolute atomic E-state index is 0.198. The maximum Gasteiger partial charge on any atom is 0.320 e. The smallest absolute Gasteiger partial charge is 0.320 e. The number of hydrogen-bond donors (Lipinski definition) is 0. The van der Waals surface area contributed by atoms with Crippen LogP contribution < -0.4 is 0 Å². The molecule has 5 nitrogen and oxygen atoms in total. The molecule has 5 heteroatoms. The highest BCUT2D eigenvalue weighted by Crippen LogP contribution is 2.06. The van der Waals surface area contributed by atoms with Gasteiger partial charge < -0.3 is 4.74 Å². The molecule has 1 aromatic heterocycles. The van der Waals surface area contributed by atoms with E-state index in [9.17, 15) is 4.79 Å². The Morgan fingerprint density at radius 3 is 3.11 bits per heavy atom. The van der Waals surface area contributed by atoms with Gasteiger partial charge in [0.25, 0.3) is 0 Å². The van der Waals surface area contributed by atoms with Crippen molar-refractivity contribution in [3.63, 3.8) is 0 Å². The molecule has 0 aliphatic heterocycles. The van der Waals surface area contributed by atoms with Gasteiger partial charge in [-0.05, 0) is 24.6 Å². The molecule has 0 saturated carbocycles. The molecule has 19 heavy (non-hydrogen) atoms. The quantitative estimate of drug-likeness (QED) is 0.548. The highest BCUT2D eigenvalue weighted by Gasteiger charge is 2.11. The second-order valence-electron chi connectivity index (χ2n) is 3.92. The Hall–Kier alpha value is -2.19. The topological polar surface area (TPSA) is 66.2 Å². The Kier molecular flexibility index (Phi) is 6.27. The Bertz CT molecular complexity index is 480. The summed E-state index contributed by atoms with van der Waals surface area (Å²) in [7, 11) is 0. The normalized spacial score (nSPS) is 9.95. The fourth-order valence-electron chi connectivity index (χ4n) is 1.65. The molecule has 1 heterocycles. The molecule has 0 amide bonds. The maximum absolute atomic E-state index is 11.5. The van der Waals surface area contributed by atoms with Crippen molar-refractivity contribution in [2.75, 3.05) is 19.7 Å². The van der Waals surface area contributed by atoms with Crippen molar-refractivity contribution in [3.05, 3.63) is 42.2 Å². The summed E-state index contributed by atoms with van der Waals surface area (Å²) in [4.78, 5) is 17.3. The average molecular weight is 259 g/mol. The van der Waals surface area contributed by atoms with Gasteiger partial charge in [0, 0.05) is 19.3 Å². The Morgan fingerprint density at radius 1 is 1.68 bits per heavy atom. The number of nitrogens with zero attached hydrogens (tertiary/aromatic N) is 3. The van der Waals surface area contributed by atoms with E-state index in [1.165, 1.54) is 0 Å². The van der Waals surface area contributed by atoms with Crippen LogP contribution >= 0.6 is 0 Å². The number of hydrogen-bond acceptors (Lipinski definition) is 5. The number of nitriles is 1. The largest absolute Gasteiger partial charge is 0.465 e. The molecule has 0 fully saturated rings. The van der Waals surface area contributed by atoms with Crippen LogP contribution in [0.3, 0.4) is 0 Å². The van der Waals surface area contributed by atoms with Crippen molar-refractivity contribution in [3.8, 4) is 6.07 Å². The number of rotatable bonds is 7. The van der Waals surface area contributed by atoms with Crippen LogP contribution in [0.15, 0.2) is 31.0 Å². The summed E-state index contributed by atoms with van der Waals surface area (Å²) in [6.45, 7) is 7.13. The monoisotopic (exact) mass is 259 g/mol. The van der Waals surface area contributed by atoms with E-state index in [0.29, 0.717) is 25.4 Å². The molecule has 0 aromatic carbocycles. The molecule has 0 aliphatic rings. The Labute approximate surface area is 113 Å². The molecule has 0 N–H and O–H groups in total. The molecule has 0 atom stereocenters. The van der Waals surface area contributed by atoms with Gasteiger partial charge in [-0.3, -0.25) is 9.69 Å². The molecule has 1 aromatic rings. The fraction of sp³-hybridized carbons (Fsp3) is 0.357. The molecule has 0 bridgehead atoms. The lowest BCUT2D eigenvalue weighted by molar-refractivity contribution is -0.144. The van der Waals surface area contributed by atoms with Gasteiger partial charge in [-0.15, -0.1) is 6.58 Å². The predicted molar refractivity (Wildman–Crippen MR) is 71.1 cm³/mol. The second kappa shape index (κ2) is 8.01. The van der Waals surface area contributed by atoms with Crippen LogP contribution in [0.2, 0.25) is 0 Å². The zero-order valence-corrected chi connectivity index (χ0v) is 11.0. The molecular weight excluding hydrogens is 242 g/mol. The highest BCUT2D eigenvalue weighted by atomic mass is 16.5. The van der Waals surface area contributed by atoms with Crippen LogP contribution in [0.5, 0.6) is 0 Å². The summed E-state index contributed by atoms with van der Waals surface area (Å²) in [6, 6.07) is 5.52. The zero-order chi connectivity index (χ0) is 14.1. The van der Waals surface area contributed by atoms with E-state index in [-0.39, 0.29) is 12.5 Å². The molecular formula is C14H17N3O2. The van der Waals surface area contributed by atoms with Gasteiger partial charge in [-0.25, -0.2) is 4.98 Å². The number of ether oxygens (including phenoxy) is 1. The average Bonchev–Trinajstić information content (AvgIpc) is 2.39. The van der Waals surface area contributed by atoms with Gasteiger partial charge in [0.05, 0.1) is 13.2 Å². The zero-order valence-electron chi connectivity index (χ0n) is 11.0. The molecule has 0 radical (unpaired) electrons. The van der Waals surface area contributed by atoms with E-state index in [1.807, 2.05) is 17.0 Å². The van der Waals surface area contributed by atoms with Crippen LogP contribution in [0, 0.1) is 11.3 Å². The first-order chi connectivity index (χ1) is 9.19. The number of carbonyl (C=O) groups is 1. The Balaban J connectivity index is 2.69. The van der Waals surface area contributed by atoms with E-state index in [0.717, 1.165) is 5.56 Å². The fourth-order valence-corrected chi connectivity index (χ4v) is 1.65. The van der Waals surface area contributed by atoms with Crippen molar-refractivity contribution in [2.24, 2.45) is 0 Å². The van der Waals surface area contributed by atoms with Crippen LogP contribution in [0.1, 0.15) is 18.2 Å². The lowest BCUT2D eigenvalue weighted by atomic mass is 10.2. The molecule has 0 unspecified atom stereocenters.